The number of anilines is 1. The highest BCUT2D eigenvalue weighted by molar-refractivity contribution is 5.49. The van der Waals surface area contributed by atoms with Gasteiger partial charge in [0.25, 0.3) is 0 Å². The molecule has 0 saturated carbocycles. The van der Waals surface area contributed by atoms with Gasteiger partial charge in [0.15, 0.2) is 0 Å². The van der Waals surface area contributed by atoms with Crippen molar-refractivity contribution in [3.05, 3.63) is 59.7 Å². The molecular weight excluding hydrogens is 260 g/mol. The normalized spacial score (nSPS) is 15.0. The first-order valence-corrected chi connectivity index (χ1v) is 7.56. The van der Waals surface area contributed by atoms with Crippen LogP contribution < -0.4 is 15.0 Å². The Morgan fingerprint density at radius 3 is 2.43 bits per heavy atom. The first-order valence-electron chi connectivity index (χ1n) is 7.56. The molecule has 1 saturated heterocycles. The van der Waals surface area contributed by atoms with Crippen molar-refractivity contribution in [2.75, 3.05) is 31.1 Å². The predicted octanol–water partition coefficient (Wildman–Crippen LogP) is 2.98. The quantitative estimate of drug-likeness (QED) is 0.933. The molecule has 0 spiro atoms. The predicted molar refractivity (Wildman–Crippen MR) is 87.0 cm³/mol. The zero-order valence-electron chi connectivity index (χ0n) is 12.5. The van der Waals surface area contributed by atoms with Crippen molar-refractivity contribution >= 4 is 5.69 Å². The topological polar surface area (TPSA) is 24.5 Å². The van der Waals surface area contributed by atoms with E-state index in [0.29, 0.717) is 6.61 Å². The van der Waals surface area contributed by atoms with Crippen LogP contribution in [0.3, 0.4) is 0 Å². The number of piperazine rings is 1. The maximum atomic E-state index is 5.88. The second kappa shape index (κ2) is 6.64. The Bertz CT molecular complexity index is 574. The molecule has 21 heavy (non-hydrogen) atoms. The minimum atomic E-state index is 0.625. The minimum absolute atomic E-state index is 0.625. The summed E-state index contributed by atoms with van der Waals surface area (Å²) in [4.78, 5) is 2.40. The van der Waals surface area contributed by atoms with Crippen molar-refractivity contribution in [3.8, 4) is 5.75 Å². The lowest BCUT2D eigenvalue weighted by atomic mass is 10.1. The molecule has 110 valence electrons. The molecule has 1 aliphatic heterocycles. The van der Waals surface area contributed by atoms with Gasteiger partial charge in [0.1, 0.15) is 12.4 Å². The molecular formula is C18H22N2O. The van der Waals surface area contributed by atoms with Crippen molar-refractivity contribution < 1.29 is 4.74 Å². The van der Waals surface area contributed by atoms with E-state index in [9.17, 15) is 0 Å². The molecule has 1 aliphatic rings. The van der Waals surface area contributed by atoms with E-state index >= 15 is 0 Å². The number of hydrogen-bond donors (Lipinski definition) is 1. The van der Waals surface area contributed by atoms with E-state index in [2.05, 4.69) is 65.7 Å². The number of rotatable bonds is 4. The summed E-state index contributed by atoms with van der Waals surface area (Å²) in [5.74, 6) is 0.928. The molecule has 0 aromatic heterocycles. The van der Waals surface area contributed by atoms with Gasteiger partial charge in [-0.05, 0) is 42.3 Å². The van der Waals surface area contributed by atoms with E-state index < -0.39 is 0 Å². The standard InChI is InChI=1S/C18H22N2O/c1-15-4-2-3-5-16(15)14-21-18-8-6-17(7-9-18)20-12-10-19-11-13-20/h2-9,19H,10-14H2,1H3. The fourth-order valence-electron chi connectivity index (χ4n) is 2.61. The largest absolute Gasteiger partial charge is 0.489 e. The summed E-state index contributed by atoms with van der Waals surface area (Å²) in [6.45, 7) is 7.01. The van der Waals surface area contributed by atoms with Crippen molar-refractivity contribution in [2.24, 2.45) is 0 Å². The summed E-state index contributed by atoms with van der Waals surface area (Å²) >= 11 is 0. The van der Waals surface area contributed by atoms with Crippen LogP contribution >= 0.6 is 0 Å². The summed E-state index contributed by atoms with van der Waals surface area (Å²) < 4.78 is 5.88. The molecule has 2 aromatic rings. The number of hydrogen-bond acceptors (Lipinski definition) is 3. The molecule has 2 aromatic carbocycles. The van der Waals surface area contributed by atoms with E-state index in [1.54, 1.807) is 0 Å². The van der Waals surface area contributed by atoms with Gasteiger partial charge >= 0.3 is 0 Å². The third-order valence-electron chi connectivity index (χ3n) is 3.97. The third kappa shape index (κ3) is 3.56. The Kier molecular flexibility index (Phi) is 4.41. The van der Waals surface area contributed by atoms with Gasteiger partial charge in [-0.15, -0.1) is 0 Å². The molecule has 1 N–H and O–H groups in total. The second-order valence-corrected chi connectivity index (χ2v) is 5.45. The molecule has 3 nitrogen and oxygen atoms in total. The van der Waals surface area contributed by atoms with Crippen molar-refractivity contribution in [1.82, 2.24) is 5.32 Å². The maximum absolute atomic E-state index is 5.88. The van der Waals surface area contributed by atoms with Gasteiger partial charge in [-0.25, -0.2) is 0 Å². The second-order valence-electron chi connectivity index (χ2n) is 5.45. The van der Waals surface area contributed by atoms with Crippen molar-refractivity contribution in [2.45, 2.75) is 13.5 Å². The monoisotopic (exact) mass is 282 g/mol. The van der Waals surface area contributed by atoms with Crippen LogP contribution in [0.1, 0.15) is 11.1 Å². The molecule has 1 heterocycles. The minimum Gasteiger partial charge on any atom is -0.489 e. The number of ether oxygens (including phenoxy) is 1. The molecule has 1 fully saturated rings. The first-order chi connectivity index (χ1) is 10.3. The Labute approximate surface area is 126 Å². The summed E-state index contributed by atoms with van der Waals surface area (Å²) in [6, 6.07) is 16.8. The fourth-order valence-corrected chi connectivity index (χ4v) is 2.61. The van der Waals surface area contributed by atoms with Crippen LogP contribution in [-0.2, 0) is 6.61 Å². The van der Waals surface area contributed by atoms with Gasteiger partial charge in [-0.2, -0.15) is 0 Å². The summed E-state index contributed by atoms with van der Waals surface area (Å²) in [7, 11) is 0. The van der Waals surface area contributed by atoms with E-state index in [4.69, 9.17) is 4.74 Å². The first kappa shape index (κ1) is 14.0. The van der Waals surface area contributed by atoms with Gasteiger partial charge < -0.3 is 15.0 Å². The summed E-state index contributed by atoms with van der Waals surface area (Å²) in [5.41, 5.74) is 3.79. The number of benzene rings is 2. The van der Waals surface area contributed by atoms with Crippen LogP contribution in [0.5, 0.6) is 5.75 Å². The highest BCUT2D eigenvalue weighted by atomic mass is 16.5. The molecule has 0 radical (unpaired) electrons. The third-order valence-corrected chi connectivity index (χ3v) is 3.97. The van der Waals surface area contributed by atoms with Crippen molar-refractivity contribution in [1.29, 1.82) is 0 Å². The fraction of sp³-hybridized carbons (Fsp3) is 0.333. The summed E-state index contributed by atoms with van der Waals surface area (Å²) in [6.07, 6.45) is 0. The summed E-state index contributed by atoms with van der Waals surface area (Å²) in [5, 5.41) is 3.37. The van der Waals surface area contributed by atoms with Crippen LogP contribution in [0.15, 0.2) is 48.5 Å². The number of nitrogens with zero attached hydrogens (tertiary/aromatic N) is 1. The Balaban J connectivity index is 1.60. The van der Waals surface area contributed by atoms with Crippen LogP contribution in [0.2, 0.25) is 0 Å². The molecule has 0 aliphatic carbocycles. The number of nitrogens with one attached hydrogen (secondary N) is 1. The van der Waals surface area contributed by atoms with E-state index in [1.165, 1.54) is 16.8 Å². The van der Waals surface area contributed by atoms with Gasteiger partial charge in [-0.1, -0.05) is 24.3 Å². The zero-order valence-corrected chi connectivity index (χ0v) is 12.5. The molecule has 0 atom stereocenters. The molecule has 0 unspecified atom stereocenters. The van der Waals surface area contributed by atoms with Crippen LogP contribution in [0.25, 0.3) is 0 Å². The van der Waals surface area contributed by atoms with Crippen LogP contribution in [0.4, 0.5) is 5.69 Å². The van der Waals surface area contributed by atoms with E-state index in [-0.39, 0.29) is 0 Å². The van der Waals surface area contributed by atoms with E-state index in [1.807, 2.05) is 0 Å². The average molecular weight is 282 g/mol. The van der Waals surface area contributed by atoms with Gasteiger partial charge in [-0.3, -0.25) is 0 Å². The lowest BCUT2D eigenvalue weighted by molar-refractivity contribution is 0.305. The Morgan fingerprint density at radius 2 is 1.71 bits per heavy atom. The molecule has 3 rings (SSSR count). The van der Waals surface area contributed by atoms with E-state index in [0.717, 1.165) is 31.9 Å². The van der Waals surface area contributed by atoms with Gasteiger partial charge in [0, 0.05) is 31.9 Å². The zero-order chi connectivity index (χ0) is 14.5. The molecule has 0 amide bonds. The molecule has 3 heteroatoms. The van der Waals surface area contributed by atoms with Gasteiger partial charge in [0.05, 0.1) is 0 Å². The maximum Gasteiger partial charge on any atom is 0.119 e. The highest BCUT2D eigenvalue weighted by Gasteiger charge is 2.10. The van der Waals surface area contributed by atoms with Gasteiger partial charge in [0.2, 0.25) is 0 Å². The number of aryl methyl sites for hydroxylation is 1. The Hall–Kier alpha value is -2.00. The average Bonchev–Trinajstić information content (AvgIpc) is 2.55. The lowest BCUT2D eigenvalue weighted by Gasteiger charge is -2.29. The Morgan fingerprint density at radius 1 is 1.00 bits per heavy atom. The SMILES string of the molecule is Cc1ccccc1COc1ccc(N2CCNCC2)cc1. The lowest BCUT2D eigenvalue weighted by Crippen LogP contribution is -2.43. The smallest absolute Gasteiger partial charge is 0.119 e. The van der Waals surface area contributed by atoms with Crippen molar-refractivity contribution in [3.63, 3.8) is 0 Å². The van der Waals surface area contributed by atoms with Crippen LogP contribution in [-0.4, -0.2) is 26.2 Å². The highest BCUT2D eigenvalue weighted by Crippen LogP contribution is 2.21. The molecule has 0 bridgehead atoms. The van der Waals surface area contributed by atoms with Crippen LogP contribution in [0, 0.1) is 6.92 Å².